The van der Waals surface area contributed by atoms with Gasteiger partial charge in [-0.1, -0.05) is 35.9 Å². The molecule has 1 unspecified atom stereocenters. The first-order valence-corrected chi connectivity index (χ1v) is 13.6. The number of sulfone groups is 1. The summed E-state index contributed by atoms with van der Waals surface area (Å²) in [4.78, 5) is 39.4. The van der Waals surface area contributed by atoms with Crippen molar-refractivity contribution in [2.75, 3.05) is 23.4 Å². The summed E-state index contributed by atoms with van der Waals surface area (Å²) in [5.41, 5.74) is 1.10. The van der Waals surface area contributed by atoms with Crippen molar-refractivity contribution in [3.63, 3.8) is 0 Å². The highest BCUT2D eigenvalue weighted by atomic mass is 35.5. The van der Waals surface area contributed by atoms with Crippen LogP contribution in [0.25, 0.3) is 11.1 Å². The average molecular weight is 542 g/mol. The van der Waals surface area contributed by atoms with Crippen LogP contribution in [0.4, 0.5) is 16.2 Å². The number of nitrogens with zero attached hydrogens (tertiary/aromatic N) is 1. The average Bonchev–Trinajstić information content (AvgIpc) is 3.35. The van der Waals surface area contributed by atoms with Crippen LogP contribution in [0.15, 0.2) is 71.6 Å². The van der Waals surface area contributed by atoms with Crippen LogP contribution >= 0.6 is 11.6 Å². The minimum Gasteiger partial charge on any atom is -0.478 e. The summed E-state index contributed by atoms with van der Waals surface area (Å²) >= 11 is 5.88. The highest BCUT2D eigenvalue weighted by Crippen LogP contribution is 2.31. The van der Waals surface area contributed by atoms with Gasteiger partial charge < -0.3 is 20.6 Å². The second-order valence-corrected chi connectivity index (χ2v) is 11.0. The Hall–Kier alpha value is -3.89. The van der Waals surface area contributed by atoms with Crippen LogP contribution in [-0.4, -0.2) is 55.2 Å². The lowest BCUT2D eigenvalue weighted by Gasteiger charge is -2.24. The topological polar surface area (TPSA) is 133 Å². The maximum absolute atomic E-state index is 13.1. The summed E-state index contributed by atoms with van der Waals surface area (Å²) in [6.07, 6.45) is 2.11. The Morgan fingerprint density at radius 1 is 1.00 bits per heavy atom. The van der Waals surface area contributed by atoms with Crippen LogP contribution in [-0.2, 0) is 14.6 Å². The highest BCUT2D eigenvalue weighted by molar-refractivity contribution is 7.90. The van der Waals surface area contributed by atoms with E-state index in [0.29, 0.717) is 41.2 Å². The number of urea groups is 1. The SMILES string of the molecule is CS(=O)(=O)c1ccccc1-c1ccc(NC(=O)C2CCCN2C(=O)Nc2ccc(Cl)cc2)c(C(=O)O)c1. The molecule has 9 nitrogen and oxygen atoms in total. The van der Waals surface area contributed by atoms with Gasteiger partial charge in [-0.15, -0.1) is 0 Å². The second kappa shape index (κ2) is 10.6. The number of amides is 3. The smallest absolute Gasteiger partial charge is 0.337 e. The molecule has 0 saturated carbocycles. The zero-order chi connectivity index (χ0) is 26.7. The van der Waals surface area contributed by atoms with E-state index in [1.807, 2.05) is 0 Å². The molecule has 1 saturated heterocycles. The third-order valence-corrected chi connectivity index (χ3v) is 7.42. The van der Waals surface area contributed by atoms with Gasteiger partial charge in [-0.2, -0.15) is 0 Å². The van der Waals surface area contributed by atoms with E-state index in [0.717, 1.165) is 6.26 Å². The molecule has 3 amide bonds. The van der Waals surface area contributed by atoms with Crippen molar-refractivity contribution in [1.29, 1.82) is 0 Å². The lowest BCUT2D eigenvalue weighted by atomic mass is 10.0. The van der Waals surface area contributed by atoms with Gasteiger partial charge in [0.1, 0.15) is 6.04 Å². The van der Waals surface area contributed by atoms with Crippen LogP contribution in [0.1, 0.15) is 23.2 Å². The van der Waals surface area contributed by atoms with Gasteiger partial charge in [0.15, 0.2) is 9.84 Å². The van der Waals surface area contributed by atoms with E-state index >= 15 is 0 Å². The molecule has 1 heterocycles. The quantitative estimate of drug-likeness (QED) is 0.412. The molecule has 0 radical (unpaired) electrons. The van der Waals surface area contributed by atoms with Crippen molar-refractivity contribution in [3.05, 3.63) is 77.3 Å². The van der Waals surface area contributed by atoms with Crippen LogP contribution in [0.2, 0.25) is 5.02 Å². The van der Waals surface area contributed by atoms with Gasteiger partial charge in [0, 0.05) is 29.1 Å². The number of carbonyl (C=O) groups excluding carboxylic acids is 2. The molecule has 0 spiro atoms. The number of carboxylic acid groups (broad SMARTS) is 1. The molecule has 3 aromatic rings. The normalized spacial score (nSPS) is 15.3. The summed E-state index contributed by atoms with van der Waals surface area (Å²) < 4.78 is 24.4. The first-order chi connectivity index (χ1) is 17.5. The molecule has 0 aliphatic carbocycles. The van der Waals surface area contributed by atoms with Crippen molar-refractivity contribution >= 4 is 50.7 Å². The van der Waals surface area contributed by atoms with E-state index in [-0.39, 0.29) is 16.1 Å². The van der Waals surface area contributed by atoms with E-state index in [4.69, 9.17) is 11.6 Å². The number of hydrogen-bond acceptors (Lipinski definition) is 5. The fourth-order valence-electron chi connectivity index (χ4n) is 4.25. The highest BCUT2D eigenvalue weighted by Gasteiger charge is 2.34. The number of halogens is 1. The van der Waals surface area contributed by atoms with Crippen molar-refractivity contribution in [2.24, 2.45) is 0 Å². The van der Waals surface area contributed by atoms with Crippen molar-refractivity contribution in [2.45, 2.75) is 23.8 Å². The Kier molecular flexibility index (Phi) is 7.51. The molecule has 3 N–H and O–H groups in total. The Labute approximate surface area is 219 Å². The number of carbonyl (C=O) groups is 3. The molecular weight excluding hydrogens is 518 g/mol. The zero-order valence-electron chi connectivity index (χ0n) is 19.8. The fraction of sp³-hybridized carbons (Fsp3) is 0.192. The molecule has 192 valence electrons. The van der Waals surface area contributed by atoms with Gasteiger partial charge in [-0.3, -0.25) is 4.79 Å². The summed E-state index contributed by atoms with van der Waals surface area (Å²) in [6.45, 7) is 0.366. The first-order valence-electron chi connectivity index (χ1n) is 11.4. The van der Waals surface area contributed by atoms with E-state index < -0.39 is 33.8 Å². The second-order valence-electron chi connectivity index (χ2n) is 8.61. The van der Waals surface area contributed by atoms with E-state index in [2.05, 4.69) is 10.6 Å². The largest absolute Gasteiger partial charge is 0.478 e. The fourth-order valence-corrected chi connectivity index (χ4v) is 5.29. The number of nitrogens with one attached hydrogen (secondary N) is 2. The predicted molar refractivity (Wildman–Crippen MR) is 141 cm³/mol. The van der Waals surface area contributed by atoms with Crippen molar-refractivity contribution in [1.82, 2.24) is 4.90 Å². The predicted octanol–water partition coefficient (Wildman–Crippen LogP) is 4.74. The molecule has 37 heavy (non-hydrogen) atoms. The van der Waals surface area contributed by atoms with Crippen molar-refractivity contribution < 1.29 is 27.9 Å². The van der Waals surface area contributed by atoms with Crippen LogP contribution < -0.4 is 10.6 Å². The number of carboxylic acids is 1. The number of rotatable bonds is 6. The lowest BCUT2D eigenvalue weighted by Crippen LogP contribution is -2.45. The van der Waals surface area contributed by atoms with Gasteiger partial charge in [-0.25, -0.2) is 18.0 Å². The molecule has 4 rings (SSSR count). The number of aromatic carboxylic acids is 1. The first kappa shape index (κ1) is 26.2. The molecule has 1 fully saturated rings. The molecular formula is C26H24ClN3O6S. The zero-order valence-corrected chi connectivity index (χ0v) is 21.3. The van der Waals surface area contributed by atoms with Gasteiger partial charge >= 0.3 is 12.0 Å². The molecule has 1 aliphatic heterocycles. The third-order valence-electron chi connectivity index (χ3n) is 6.02. The molecule has 11 heteroatoms. The van der Waals surface area contributed by atoms with Crippen LogP contribution in [0, 0.1) is 0 Å². The van der Waals surface area contributed by atoms with Gasteiger partial charge in [0.05, 0.1) is 16.1 Å². The number of benzene rings is 3. The van der Waals surface area contributed by atoms with Gasteiger partial charge in [-0.05, 0) is 60.9 Å². The van der Waals surface area contributed by atoms with E-state index in [9.17, 15) is 27.9 Å². The summed E-state index contributed by atoms with van der Waals surface area (Å²) in [6, 6.07) is 15.9. The number of anilines is 2. The van der Waals surface area contributed by atoms with Gasteiger partial charge in [0.25, 0.3) is 0 Å². The molecule has 3 aromatic carbocycles. The van der Waals surface area contributed by atoms with Gasteiger partial charge in [0.2, 0.25) is 5.91 Å². The Bertz CT molecular complexity index is 1470. The van der Waals surface area contributed by atoms with E-state index in [1.165, 1.54) is 23.1 Å². The molecule has 0 aromatic heterocycles. The molecule has 1 atom stereocenters. The van der Waals surface area contributed by atoms with E-state index in [1.54, 1.807) is 48.5 Å². The maximum Gasteiger partial charge on any atom is 0.337 e. The summed E-state index contributed by atoms with van der Waals surface area (Å²) in [5.74, 6) is -1.81. The standard InChI is InChI=1S/C26H24ClN3O6S/c1-37(35,36)23-7-3-2-5-19(23)16-8-13-21(20(15-16)25(32)33)29-24(31)22-6-4-14-30(22)26(34)28-18-11-9-17(27)10-12-18/h2-3,5,7-13,15,22H,4,6,14H2,1H3,(H,28,34)(H,29,31)(H,32,33). The minimum absolute atomic E-state index is 0.0445. The Balaban J connectivity index is 1.56. The third kappa shape index (κ3) is 5.92. The van der Waals surface area contributed by atoms with Crippen molar-refractivity contribution in [3.8, 4) is 11.1 Å². The number of likely N-dealkylation sites (tertiary alicyclic amines) is 1. The lowest BCUT2D eigenvalue weighted by molar-refractivity contribution is -0.119. The number of hydrogen-bond donors (Lipinski definition) is 3. The Morgan fingerprint density at radius 2 is 1.70 bits per heavy atom. The maximum atomic E-state index is 13.1. The molecule has 0 bridgehead atoms. The van der Waals surface area contributed by atoms with Crippen LogP contribution in [0.3, 0.4) is 0 Å². The summed E-state index contributed by atoms with van der Waals surface area (Å²) in [5, 5.41) is 15.7. The minimum atomic E-state index is -3.56. The molecule has 1 aliphatic rings. The monoisotopic (exact) mass is 541 g/mol. The van der Waals surface area contributed by atoms with Crippen LogP contribution in [0.5, 0.6) is 0 Å². The summed E-state index contributed by atoms with van der Waals surface area (Å²) in [7, 11) is -3.56. The Morgan fingerprint density at radius 3 is 2.38 bits per heavy atom.